The van der Waals surface area contributed by atoms with E-state index >= 15 is 0 Å². The van der Waals surface area contributed by atoms with E-state index in [1.165, 1.54) is 0 Å². The van der Waals surface area contributed by atoms with Crippen molar-refractivity contribution in [2.45, 2.75) is 19.4 Å². The van der Waals surface area contributed by atoms with Crippen LogP contribution >= 0.6 is 0 Å². The molecule has 0 fully saturated rings. The van der Waals surface area contributed by atoms with Gasteiger partial charge < -0.3 is 5.73 Å². The van der Waals surface area contributed by atoms with Crippen LogP contribution in [0.3, 0.4) is 0 Å². The van der Waals surface area contributed by atoms with Crippen LogP contribution in [-0.4, -0.2) is 20.8 Å². The Labute approximate surface area is 88.8 Å². The highest BCUT2D eigenvalue weighted by molar-refractivity contribution is 5.24. The third-order valence-electron chi connectivity index (χ3n) is 2.11. The summed E-state index contributed by atoms with van der Waals surface area (Å²) in [6.45, 7) is 1.99. The molecule has 0 aromatic carbocycles. The predicted molar refractivity (Wildman–Crippen MR) is 58.7 cm³/mol. The molecule has 0 aliphatic heterocycles. The summed E-state index contributed by atoms with van der Waals surface area (Å²) in [6.07, 6.45) is 6.30. The molecule has 15 heavy (non-hydrogen) atoms. The molecule has 0 bridgehead atoms. The summed E-state index contributed by atoms with van der Waals surface area (Å²) in [4.78, 5) is 4.32. The molecule has 2 N–H and O–H groups in total. The molecule has 2 heterocycles. The van der Waals surface area contributed by atoms with Gasteiger partial charge in [-0.3, -0.25) is 0 Å². The Kier molecular flexibility index (Phi) is 2.78. The Morgan fingerprint density at radius 3 is 2.87 bits per heavy atom. The van der Waals surface area contributed by atoms with Gasteiger partial charge in [0.15, 0.2) is 5.82 Å². The summed E-state index contributed by atoms with van der Waals surface area (Å²) >= 11 is 0. The fourth-order valence-electron chi connectivity index (χ4n) is 1.45. The quantitative estimate of drug-likeness (QED) is 0.812. The van der Waals surface area contributed by atoms with E-state index in [4.69, 9.17) is 5.73 Å². The number of hydrogen-bond acceptors (Lipinski definition) is 3. The van der Waals surface area contributed by atoms with E-state index in [1.54, 1.807) is 10.9 Å². The number of nitrogens with zero attached hydrogens (tertiary/aromatic N) is 3. The van der Waals surface area contributed by atoms with Crippen molar-refractivity contribution in [3.8, 4) is 5.82 Å². The maximum absolute atomic E-state index is 5.71. The Bertz CT molecular complexity index is 403. The van der Waals surface area contributed by atoms with Gasteiger partial charge in [0, 0.05) is 24.6 Å². The Hall–Kier alpha value is -1.68. The van der Waals surface area contributed by atoms with Crippen molar-refractivity contribution in [1.82, 2.24) is 14.8 Å². The average Bonchev–Trinajstić information content (AvgIpc) is 2.71. The first-order valence-corrected chi connectivity index (χ1v) is 4.96. The van der Waals surface area contributed by atoms with Crippen molar-refractivity contribution in [2.24, 2.45) is 5.73 Å². The third kappa shape index (κ3) is 2.41. The SMILES string of the molecule is CC(N)Cc1ccc(-n2cccn2)nc1. The molecule has 0 amide bonds. The van der Waals surface area contributed by atoms with Crippen LogP contribution in [0.5, 0.6) is 0 Å². The molecule has 0 spiro atoms. The highest BCUT2D eigenvalue weighted by Crippen LogP contribution is 2.05. The van der Waals surface area contributed by atoms with Crippen molar-refractivity contribution < 1.29 is 0 Å². The van der Waals surface area contributed by atoms with E-state index in [0.29, 0.717) is 0 Å². The largest absolute Gasteiger partial charge is 0.328 e. The zero-order chi connectivity index (χ0) is 10.7. The fourth-order valence-corrected chi connectivity index (χ4v) is 1.45. The van der Waals surface area contributed by atoms with Crippen LogP contribution < -0.4 is 5.73 Å². The first-order chi connectivity index (χ1) is 7.25. The molecule has 0 saturated carbocycles. The summed E-state index contributed by atoms with van der Waals surface area (Å²) in [7, 11) is 0. The Morgan fingerprint density at radius 2 is 2.33 bits per heavy atom. The normalized spacial score (nSPS) is 12.7. The van der Waals surface area contributed by atoms with Crippen molar-refractivity contribution >= 4 is 0 Å². The first-order valence-electron chi connectivity index (χ1n) is 4.96. The summed E-state index contributed by atoms with van der Waals surface area (Å²) < 4.78 is 1.73. The van der Waals surface area contributed by atoms with Gasteiger partial charge in [-0.1, -0.05) is 6.07 Å². The lowest BCUT2D eigenvalue weighted by Gasteiger charge is -2.05. The van der Waals surface area contributed by atoms with E-state index in [-0.39, 0.29) is 6.04 Å². The van der Waals surface area contributed by atoms with Crippen LogP contribution in [0, 0.1) is 0 Å². The lowest BCUT2D eigenvalue weighted by molar-refractivity contribution is 0.733. The molecule has 78 valence electrons. The van der Waals surface area contributed by atoms with Crippen molar-refractivity contribution in [2.75, 3.05) is 0 Å². The maximum Gasteiger partial charge on any atom is 0.153 e. The number of rotatable bonds is 3. The minimum Gasteiger partial charge on any atom is -0.328 e. The van der Waals surface area contributed by atoms with Gasteiger partial charge in [0.1, 0.15) is 0 Å². The van der Waals surface area contributed by atoms with E-state index in [2.05, 4.69) is 10.1 Å². The van der Waals surface area contributed by atoms with Gasteiger partial charge in [-0.05, 0) is 31.0 Å². The van der Waals surface area contributed by atoms with Gasteiger partial charge in [-0.2, -0.15) is 5.10 Å². The summed E-state index contributed by atoms with van der Waals surface area (Å²) in [6, 6.07) is 6.03. The molecule has 2 aromatic heterocycles. The Balaban J connectivity index is 2.17. The van der Waals surface area contributed by atoms with E-state index in [1.807, 2.05) is 37.5 Å². The van der Waals surface area contributed by atoms with Crippen LogP contribution in [0.25, 0.3) is 5.82 Å². The number of pyridine rings is 1. The highest BCUT2D eigenvalue weighted by atomic mass is 15.3. The summed E-state index contributed by atoms with van der Waals surface area (Å²) in [5, 5.41) is 4.11. The lowest BCUT2D eigenvalue weighted by Crippen LogP contribution is -2.17. The molecular weight excluding hydrogens is 188 g/mol. The topological polar surface area (TPSA) is 56.7 Å². The molecule has 0 aliphatic rings. The van der Waals surface area contributed by atoms with Crippen molar-refractivity contribution in [3.05, 3.63) is 42.4 Å². The Morgan fingerprint density at radius 1 is 1.47 bits per heavy atom. The molecule has 2 rings (SSSR count). The maximum atomic E-state index is 5.71. The van der Waals surface area contributed by atoms with E-state index in [0.717, 1.165) is 17.8 Å². The molecule has 0 aliphatic carbocycles. The molecule has 0 saturated heterocycles. The minimum atomic E-state index is 0.169. The van der Waals surface area contributed by atoms with Gasteiger partial charge >= 0.3 is 0 Å². The lowest BCUT2D eigenvalue weighted by atomic mass is 10.1. The van der Waals surface area contributed by atoms with E-state index in [9.17, 15) is 0 Å². The second-order valence-corrected chi connectivity index (χ2v) is 3.66. The van der Waals surface area contributed by atoms with Gasteiger partial charge in [-0.25, -0.2) is 9.67 Å². The second kappa shape index (κ2) is 4.23. The summed E-state index contributed by atoms with van der Waals surface area (Å²) in [5.74, 6) is 0.827. The monoisotopic (exact) mass is 202 g/mol. The predicted octanol–water partition coefficient (Wildman–Crippen LogP) is 1.16. The van der Waals surface area contributed by atoms with E-state index < -0.39 is 0 Å². The molecular formula is C11H14N4. The zero-order valence-corrected chi connectivity index (χ0v) is 8.67. The highest BCUT2D eigenvalue weighted by Gasteiger charge is 2.00. The van der Waals surface area contributed by atoms with Crippen LogP contribution in [0.1, 0.15) is 12.5 Å². The first kappa shape index (κ1) is 9.86. The van der Waals surface area contributed by atoms with Crippen molar-refractivity contribution in [1.29, 1.82) is 0 Å². The minimum absolute atomic E-state index is 0.169. The molecule has 1 atom stereocenters. The molecule has 4 heteroatoms. The number of aromatic nitrogens is 3. The molecule has 1 unspecified atom stereocenters. The van der Waals surface area contributed by atoms with Gasteiger partial charge in [-0.15, -0.1) is 0 Å². The number of nitrogens with two attached hydrogens (primary N) is 1. The third-order valence-corrected chi connectivity index (χ3v) is 2.11. The van der Waals surface area contributed by atoms with Gasteiger partial charge in [0.05, 0.1) is 0 Å². The van der Waals surface area contributed by atoms with Crippen LogP contribution in [0.4, 0.5) is 0 Å². The standard InChI is InChI=1S/C11H14N4/c1-9(12)7-10-3-4-11(13-8-10)15-6-2-5-14-15/h2-6,8-9H,7,12H2,1H3. The van der Waals surface area contributed by atoms with Crippen LogP contribution in [0.15, 0.2) is 36.8 Å². The second-order valence-electron chi connectivity index (χ2n) is 3.66. The summed E-state index contributed by atoms with van der Waals surface area (Å²) in [5.41, 5.74) is 6.87. The smallest absolute Gasteiger partial charge is 0.153 e. The van der Waals surface area contributed by atoms with Crippen LogP contribution in [-0.2, 0) is 6.42 Å². The molecule has 0 radical (unpaired) electrons. The van der Waals surface area contributed by atoms with Gasteiger partial charge in [0.25, 0.3) is 0 Å². The average molecular weight is 202 g/mol. The van der Waals surface area contributed by atoms with Gasteiger partial charge in [0.2, 0.25) is 0 Å². The number of hydrogen-bond donors (Lipinski definition) is 1. The fraction of sp³-hybridized carbons (Fsp3) is 0.273. The zero-order valence-electron chi connectivity index (χ0n) is 8.67. The molecule has 4 nitrogen and oxygen atoms in total. The van der Waals surface area contributed by atoms with Crippen LogP contribution in [0.2, 0.25) is 0 Å². The molecule has 2 aromatic rings. The van der Waals surface area contributed by atoms with Crippen molar-refractivity contribution in [3.63, 3.8) is 0 Å².